The maximum atomic E-state index is 12.6. The van der Waals surface area contributed by atoms with Gasteiger partial charge in [0.2, 0.25) is 0 Å². The topological polar surface area (TPSA) is 32.3 Å². The Morgan fingerprint density at radius 3 is 2.85 bits per heavy atom. The van der Waals surface area contributed by atoms with Crippen LogP contribution >= 0.6 is 11.6 Å². The van der Waals surface area contributed by atoms with E-state index in [1.54, 1.807) is 6.07 Å². The van der Waals surface area contributed by atoms with Crippen molar-refractivity contribution in [3.63, 3.8) is 0 Å². The minimum atomic E-state index is -0.349. The van der Waals surface area contributed by atoms with Crippen LogP contribution in [-0.2, 0) is 0 Å². The summed E-state index contributed by atoms with van der Waals surface area (Å²) in [6.45, 7) is 0.758. The van der Waals surface area contributed by atoms with E-state index in [4.69, 9.17) is 16.7 Å². The van der Waals surface area contributed by atoms with Crippen molar-refractivity contribution >= 4 is 17.3 Å². The van der Waals surface area contributed by atoms with Crippen LogP contribution in [0.2, 0.25) is 5.02 Å². The molecule has 0 amide bonds. The third-order valence-corrected chi connectivity index (χ3v) is 1.89. The Labute approximate surface area is 81.3 Å². The Morgan fingerprint density at radius 2 is 2.23 bits per heavy atom. The number of halogens is 2. The highest BCUT2D eigenvalue weighted by atomic mass is 35.5. The molecular weight excluding hydrogens is 193 g/mol. The second kappa shape index (κ2) is 5.04. The van der Waals surface area contributed by atoms with Gasteiger partial charge in [0.15, 0.2) is 0 Å². The minimum absolute atomic E-state index is 0.131. The lowest BCUT2D eigenvalue weighted by Gasteiger charge is -2.06. The van der Waals surface area contributed by atoms with Crippen molar-refractivity contribution in [2.45, 2.75) is 6.42 Å². The Kier molecular flexibility index (Phi) is 3.99. The number of hydrogen-bond donors (Lipinski definition) is 2. The maximum Gasteiger partial charge on any atom is 0.124 e. The van der Waals surface area contributed by atoms with Crippen molar-refractivity contribution in [3.05, 3.63) is 29.0 Å². The second-order valence-corrected chi connectivity index (χ2v) is 3.04. The molecule has 0 fully saturated rings. The van der Waals surface area contributed by atoms with Gasteiger partial charge in [0.1, 0.15) is 5.82 Å². The molecule has 0 atom stereocenters. The summed E-state index contributed by atoms with van der Waals surface area (Å²) in [4.78, 5) is 0. The largest absolute Gasteiger partial charge is 0.396 e. The lowest BCUT2D eigenvalue weighted by molar-refractivity contribution is 0.292. The third kappa shape index (κ3) is 3.20. The van der Waals surface area contributed by atoms with Crippen LogP contribution in [0, 0.1) is 5.82 Å². The predicted octanol–water partition coefficient (Wildman–Crippen LogP) is 2.27. The fourth-order valence-electron chi connectivity index (χ4n) is 0.935. The van der Waals surface area contributed by atoms with Crippen LogP contribution in [0.3, 0.4) is 0 Å². The first-order valence-electron chi connectivity index (χ1n) is 4.04. The molecule has 1 aromatic carbocycles. The molecule has 2 nitrogen and oxygen atoms in total. The zero-order chi connectivity index (χ0) is 9.68. The molecule has 2 N–H and O–H groups in total. The normalized spacial score (nSPS) is 10.1. The zero-order valence-corrected chi connectivity index (χ0v) is 7.81. The van der Waals surface area contributed by atoms with Crippen LogP contribution in [-0.4, -0.2) is 18.3 Å². The number of nitrogens with one attached hydrogen (secondary N) is 1. The molecule has 0 aliphatic carbocycles. The number of benzene rings is 1. The number of anilines is 1. The summed E-state index contributed by atoms with van der Waals surface area (Å²) in [5.41, 5.74) is 0.691. The van der Waals surface area contributed by atoms with Crippen LogP contribution in [0.25, 0.3) is 0 Å². The van der Waals surface area contributed by atoms with Gasteiger partial charge in [0, 0.05) is 13.2 Å². The van der Waals surface area contributed by atoms with Crippen molar-refractivity contribution in [3.8, 4) is 0 Å². The molecule has 0 aromatic heterocycles. The van der Waals surface area contributed by atoms with E-state index in [-0.39, 0.29) is 12.4 Å². The highest BCUT2D eigenvalue weighted by Gasteiger charge is 1.99. The molecule has 4 heteroatoms. The Balaban J connectivity index is 2.56. The predicted molar refractivity (Wildman–Crippen MR) is 51.6 cm³/mol. The first-order chi connectivity index (χ1) is 6.24. The molecule has 0 unspecified atom stereocenters. The fourth-order valence-corrected chi connectivity index (χ4v) is 1.17. The van der Waals surface area contributed by atoms with E-state index in [0.717, 1.165) is 0 Å². The molecular formula is C9H11ClFNO. The van der Waals surface area contributed by atoms with E-state index in [9.17, 15) is 4.39 Å². The molecule has 0 aliphatic rings. The van der Waals surface area contributed by atoms with Gasteiger partial charge in [-0.15, -0.1) is 0 Å². The molecule has 1 aromatic rings. The molecule has 0 heterocycles. The first kappa shape index (κ1) is 10.3. The quantitative estimate of drug-likeness (QED) is 0.736. The number of rotatable bonds is 4. The smallest absolute Gasteiger partial charge is 0.124 e. The molecule has 0 bridgehead atoms. The van der Waals surface area contributed by atoms with E-state index >= 15 is 0 Å². The Hall–Kier alpha value is -0.800. The summed E-state index contributed by atoms with van der Waals surface area (Å²) >= 11 is 5.74. The van der Waals surface area contributed by atoms with Crippen LogP contribution in [0.5, 0.6) is 0 Å². The van der Waals surface area contributed by atoms with Crippen molar-refractivity contribution in [2.24, 2.45) is 0 Å². The SMILES string of the molecule is OCCCNc1ccc(F)cc1Cl. The van der Waals surface area contributed by atoms with Gasteiger partial charge in [-0.1, -0.05) is 11.6 Å². The molecule has 0 saturated heterocycles. The lowest BCUT2D eigenvalue weighted by Crippen LogP contribution is -2.03. The van der Waals surface area contributed by atoms with Gasteiger partial charge in [0.25, 0.3) is 0 Å². The highest BCUT2D eigenvalue weighted by Crippen LogP contribution is 2.21. The lowest BCUT2D eigenvalue weighted by atomic mass is 10.3. The van der Waals surface area contributed by atoms with Crippen LogP contribution in [0.15, 0.2) is 18.2 Å². The highest BCUT2D eigenvalue weighted by molar-refractivity contribution is 6.33. The van der Waals surface area contributed by atoms with E-state index in [0.29, 0.717) is 23.7 Å². The van der Waals surface area contributed by atoms with Crippen LogP contribution < -0.4 is 5.32 Å². The van der Waals surface area contributed by atoms with E-state index in [1.165, 1.54) is 12.1 Å². The summed E-state index contributed by atoms with van der Waals surface area (Å²) < 4.78 is 12.6. The van der Waals surface area contributed by atoms with E-state index < -0.39 is 0 Å². The Bertz CT molecular complexity index is 280. The first-order valence-corrected chi connectivity index (χ1v) is 4.41. The number of aliphatic hydroxyl groups excluding tert-OH is 1. The van der Waals surface area contributed by atoms with Crippen molar-refractivity contribution in [1.29, 1.82) is 0 Å². The van der Waals surface area contributed by atoms with Gasteiger partial charge in [-0.2, -0.15) is 0 Å². The van der Waals surface area contributed by atoms with Gasteiger partial charge in [-0.25, -0.2) is 4.39 Å². The number of hydrogen-bond acceptors (Lipinski definition) is 2. The van der Waals surface area contributed by atoms with Gasteiger partial charge < -0.3 is 10.4 Å². The van der Waals surface area contributed by atoms with Gasteiger partial charge in [-0.3, -0.25) is 0 Å². The van der Waals surface area contributed by atoms with E-state index in [1.807, 2.05) is 0 Å². The molecule has 0 aliphatic heterocycles. The molecule has 0 radical (unpaired) electrons. The average Bonchev–Trinajstić information content (AvgIpc) is 2.09. The molecule has 13 heavy (non-hydrogen) atoms. The van der Waals surface area contributed by atoms with Gasteiger partial charge in [0.05, 0.1) is 10.7 Å². The maximum absolute atomic E-state index is 12.6. The summed E-state index contributed by atoms with van der Waals surface area (Å²) in [7, 11) is 0. The van der Waals surface area contributed by atoms with Crippen LogP contribution in [0.1, 0.15) is 6.42 Å². The molecule has 1 rings (SSSR count). The summed E-state index contributed by atoms with van der Waals surface area (Å²) in [5, 5.41) is 11.9. The zero-order valence-electron chi connectivity index (χ0n) is 7.06. The monoisotopic (exact) mass is 203 g/mol. The summed E-state index contributed by atoms with van der Waals surface area (Å²) in [6.07, 6.45) is 0.647. The van der Waals surface area contributed by atoms with E-state index in [2.05, 4.69) is 5.32 Å². The number of aliphatic hydroxyl groups is 1. The average molecular weight is 204 g/mol. The summed E-state index contributed by atoms with van der Waals surface area (Å²) in [6, 6.07) is 4.17. The Morgan fingerprint density at radius 1 is 1.46 bits per heavy atom. The van der Waals surface area contributed by atoms with Gasteiger partial charge in [-0.05, 0) is 24.6 Å². The second-order valence-electron chi connectivity index (χ2n) is 2.63. The standard InChI is InChI=1S/C9H11ClFNO/c10-8-6-7(11)2-3-9(8)12-4-1-5-13/h2-3,6,12-13H,1,4-5H2. The molecule has 72 valence electrons. The fraction of sp³-hybridized carbons (Fsp3) is 0.333. The minimum Gasteiger partial charge on any atom is -0.396 e. The third-order valence-electron chi connectivity index (χ3n) is 1.58. The summed E-state index contributed by atoms with van der Waals surface area (Å²) in [5.74, 6) is -0.349. The van der Waals surface area contributed by atoms with Crippen molar-refractivity contribution < 1.29 is 9.50 Å². The molecule has 0 saturated carbocycles. The van der Waals surface area contributed by atoms with Crippen molar-refractivity contribution in [2.75, 3.05) is 18.5 Å². The van der Waals surface area contributed by atoms with Gasteiger partial charge >= 0.3 is 0 Å². The van der Waals surface area contributed by atoms with Crippen molar-refractivity contribution in [1.82, 2.24) is 0 Å². The molecule has 0 spiro atoms. The van der Waals surface area contributed by atoms with Crippen LogP contribution in [0.4, 0.5) is 10.1 Å².